The van der Waals surface area contributed by atoms with Crippen molar-refractivity contribution in [3.8, 4) is 11.5 Å². The molecule has 0 atom stereocenters. The van der Waals surface area contributed by atoms with E-state index in [9.17, 15) is 4.39 Å². The summed E-state index contributed by atoms with van der Waals surface area (Å²) in [4.78, 5) is 0. The van der Waals surface area contributed by atoms with Gasteiger partial charge < -0.3 is 9.47 Å². The molecule has 0 N–H and O–H groups in total. The molecular weight excluding hydrogens is 302 g/mol. The zero-order chi connectivity index (χ0) is 14.5. The van der Waals surface area contributed by atoms with Crippen molar-refractivity contribution in [2.45, 2.75) is 12.5 Å². The third-order valence-corrected chi connectivity index (χ3v) is 3.54. The molecule has 0 aliphatic rings. The highest BCUT2D eigenvalue weighted by molar-refractivity contribution is 6.31. The third kappa shape index (κ3) is 3.35. The molecule has 0 aliphatic heterocycles. The minimum atomic E-state index is -0.458. The molecule has 0 fully saturated rings. The summed E-state index contributed by atoms with van der Waals surface area (Å²) in [7, 11) is 1.58. The Labute approximate surface area is 127 Å². The highest BCUT2D eigenvalue weighted by Crippen LogP contribution is 2.27. The van der Waals surface area contributed by atoms with E-state index in [1.807, 2.05) is 0 Å². The van der Waals surface area contributed by atoms with Crippen molar-refractivity contribution in [3.63, 3.8) is 0 Å². The number of rotatable bonds is 5. The Balaban J connectivity index is 2.16. The molecule has 2 nitrogen and oxygen atoms in total. The van der Waals surface area contributed by atoms with Gasteiger partial charge in [0.15, 0.2) is 0 Å². The van der Waals surface area contributed by atoms with E-state index in [0.717, 1.165) is 5.56 Å². The molecule has 20 heavy (non-hydrogen) atoms. The molecule has 2 aromatic rings. The standard InChI is InChI=1S/C15H13Cl2FO2/c1-19-12-5-6-14(11(7-12)8-16)20-9-10-3-2-4-13(18)15(10)17/h2-7H,8-9H2,1H3. The van der Waals surface area contributed by atoms with Crippen LogP contribution in [0.15, 0.2) is 36.4 Å². The first-order chi connectivity index (χ1) is 9.65. The third-order valence-electron chi connectivity index (χ3n) is 2.83. The van der Waals surface area contributed by atoms with Gasteiger partial charge in [-0.25, -0.2) is 4.39 Å². The summed E-state index contributed by atoms with van der Waals surface area (Å²) < 4.78 is 24.1. The van der Waals surface area contributed by atoms with Crippen molar-refractivity contribution in [2.24, 2.45) is 0 Å². The zero-order valence-corrected chi connectivity index (χ0v) is 12.3. The van der Waals surface area contributed by atoms with Gasteiger partial charge in [0.05, 0.1) is 18.0 Å². The van der Waals surface area contributed by atoms with E-state index >= 15 is 0 Å². The molecule has 106 valence electrons. The maximum Gasteiger partial charge on any atom is 0.142 e. The molecule has 0 bridgehead atoms. The summed E-state index contributed by atoms with van der Waals surface area (Å²) in [5.41, 5.74) is 1.39. The van der Waals surface area contributed by atoms with Gasteiger partial charge in [-0.05, 0) is 24.3 Å². The summed E-state index contributed by atoms with van der Waals surface area (Å²) in [6, 6.07) is 9.97. The molecule has 0 spiro atoms. The van der Waals surface area contributed by atoms with Gasteiger partial charge in [-0.2, -0.15) is 0 Å². The van der Waals surface area contributed by atoms with E-state index in [-0.39, 0.29) is 11.6 Å². The maximum absolute atomic E-state index is 13.3. The van der Waals surface area contributed by atoms with E-state index < -0.39 is 5.82 Å². The van der Waals surface area contributed by atoms with Crippen LogP contribution in [0.4, 0.5) is 4.39 Å². The lowest BCUT2D eigenvalue weighted by Crippen LogP contribution is -2.00. The quantitative estimate of drug-likeness (QED) is 0.738. The second-order valence-corrected chi connectivity index (χ2v) is 4.75. The van der Waals surface area contributed by atoms with E-state index in [2.05, 4.69) is 0 Å². The van der Waals surface area contributed by atoms with Gasteiger partial charge in [-0.1, -0.05) is 23.7 Å². The van der Waals surface area contributed by atoms with Crippen molar-refractivity contribution in [3.05, 3.63) is 58.4 Å². The predicted molar refractivity (Wildman–Crippen MR) is 78.3 cm³/mol. The van der Waals surface area contributed by atoms with Crippen molar-refractivity contribution in [2.75, 3.05) is 7.11 Å². The highest BCUT2D eigenvalue weighted by Gasteiger charge is 2.09. The lowest BCUT2D eigenvalue weighted by Gasteiger charge is -2.12. The van der Waals surface area contributed by atoms with Gasteiger partial charge in [0.2, 0.25) is 0 Å². The van der Waals surface area contributed by atoms with Gasteiger partial charge in [-0.3, -0.25) is 0 Å². The maximum atomic E-state index is 13.3. The molecule has 0 aromatic heterocycles. The number of hydrogen-bond acceptors (Lipinski definition) is 2. The molecule has 2 aromatic carbocycles. The first-order valence-electron chi connectivity index (χ1n) is 5.94. The van der Waals surface area contributed by atoms with Gasteiger partial charge in [0.25, 0.3) is 0 Å². The van der Waals surface area contributed by atoms with Crippen LogP contribution < -0.4 is 9.47 Å². The monoisotopic (exact) mass is 314 g/mol. The lowest BCUT2D eigenvalue weighted by atomic mass is 10.2. The smallest absolute Gasteiger partial charge is 0.142 e. The second-order valence-electron chi connectivity index (χ2n) is 4.11. The van der Waals surface area contributed by atoms with Gasteiger partial charge in [0, 0.05) is 11.1 Å². The first kappa shape index (κ1) is 14.9. The normalized spacial score (nSPS) is 10.4. The zero-order valence-electron chi connectivity index (χ0n) is 10.8. The Morgan fingerprint density at radius 2 is 1.95 bits per heavy atom. The van der Waals surface area contributed by atoms with Gasteiger partial charge in [0.1, 0.15) is 23.9 Å². The fourth-order valence-corrected chi connectivity index (χ4v) is 2.13. The number of halogens is 3. The molecule has 0 radical (unpaired) electrons. The summed E-state index contributed by atoms with van der Waals surface area (Å²) >= 11 is 11.8. The number of alkyl halides is 1. The summed E-state index contributed by atoms with van der Waals surface area (Å²) in [5, 5.41) is 0.0773. The largest absolute Gasteiger partial charge is 0.497 e. The average molecular weight is 315 g/mol. The lowest BCUT2D eigenvalue weighted by molar-refractivity contribution is 0.302. The van der Waals surface area contributed by atoms with Crippen LogP contribution in [0.2, 0.25) is 5.02 Å². The fourth-order valence-electron chi connectivity index (χ4n) is 1.74. The summed E-state index contributed by atoms with van der Waals surface area (Å²) in [5.74, 6) is 1.17. The van der Waals surface area contributed by atoms with Crippen LogP contribution in [0.5, 0.6) is 11.5 Å². The van der Waals surface area contributed by atoms with E-state index in [4.69, 9.17) is 32.7 Å². The van der Waals surface area contributed by atoms with Crippen LogP contribution in [0.25, 0.3) is 0 Å². The minimum absolute atomic E-state index is 0.0773. The number of methoxy groups -OCH3 is 1. The Kier molecular flexibility index (Phi) is 5.10. The second kappa shape index (κ2) is 6.82. The van der Waals surface area contributed by atoms with E-state index in [0.29, 0.717) is 22.9 Å². The number of ether oxygens (including phenoxy) is 2. The Morgan fingerprint density at radius 3 is 2.65 bits per heavy atom. The Morgan fingerprint density at radius 1 is 1.15 bits per heavy atom. The Hall–Kier alpha value is -1.45. The average Bonchev–Trinajstić information content (AvgIpc) is 2.48. The molecule has 2 rings (SSSR count). The molecule has 0 amide bonds. The van der Waals surface area contributed by atoms with Crippen molar-refractivity contribution >= 4 is 23.2 Å². The van der Waals surface area contributed by atoms with Gasteiger partial charge in [-0.15, -0.1) is 11.6 Å². The first-order valence-corrected chi connectivity index (χ1v) is 6.85. The van der Waals surface area contributed by atoms with Crippen LogP contribution in [0.3, 0.4) is 0 Å². The molecule has 0 unspecified atom stereocenters. The molecule has 5 heteroatoms. The molecule has 0 saturated heterocycles. The number of hydrogen-bond donors (Lipinski definition) is 0. The predicted octanol–water partition coefficient (Wildman–Crippen LogP) is 4.81. The molecule has 0 saturated carbocycles. The van der Waals surface area contributed by atoms with Crippen molar-refractivity contribution in [1.29, 1.82) is 0 Å². The fraction of sp³-hybridized carbons (Fsp3) is 0.200. The molecule has 0 aliphatic carbocycles. The highest BCUT2D eigenvalue weighted by atomic mass is 35.5. The van der Waals surface area contributed by atoms with E-state index in [1.165, 1.54) is 6.07 Å². The van der Waals surface area contributed by atoms with Crippen LogP contribution in [-0.4, -0.2) is 7.11 Å². The van der Waals surface area contributed by atoms with Crippen molar-refractivity contribution < 1.29 is 13.9 Å². The minimum Gasteiger partial charge on any atom is -0.497 e. The van der Waals surface area contributed by atoms with Crippen LogP contribution >= 0.6 is 23.2 Å². The van der Waals surface area contributed by atoms with Crippen LogP contribution in [0, 0.1) is 5.82 Å². The van der Waals surface area contributed by atoms with E-state index in [1.54, 1.807) is 37.4 Å². The SMILES string of the molecule is COc1ccc(OCc2cccc(F)c2Cl)c(CCl)c1. The topological polar surface area (TPSA) is 18.5 Å². The molecule has 0 heterocycles. The summed E-state index contributed by atoms with van der Waals surface area (Å²) in [6.45, 7) is 0.173. The van der Waals surface area contributed by atoms with Gasteiger partial charge >= 0.3 is 0 Å². The molecular formula is C15H13Cl2FO2. The number of benzene rings is 2. The van der Waals surface area contributed by atoms with Crippen LogP contribution in [-0.2, 0) is 12.5 Å². The van der Waals surface area contributed by atoms with Crippen LogP contribution in [0.1, 0.15) is 11.1 Å². The summed E-state index contributed by atoms with van der Waals surface area (Å²) in [6.07, 6.45) is 0. The van der Waals surface area contributed by atoms with Crippen molar-refractivity contribution in [1.82, 2.24) is 0 Å². The Bertz CT molecular complexity index is 602.